The Labute approximate surface area is 159 Å². The van der Waals surface area contributed by atoms with Crippen LogP contribution in [0.4, 0.5) is 0 Å². The highest BCUT2D eigenvalue weighted by Crippen LogP contribution is 2.20. The molecular weight excluding hydrogens is 346 g/mol. The van der Waals surface area contributed by atoms with Gasteiger partial charge in [0.25, 0.3) is 5.91 Å². The molecule has 0 saturated carbocycles. The van der Waals surface area contributed by atoms with Gasteiger partial charge in [-0.25, -0.2) is 4.68 Å². The third-order valence-corrected chi connectivity index (χ3v) is 4.58. The van der Waals surface area contributed by atoms with E-state index in [1.165, 1.54) is 0 Å². The number of aliphatic carboxylic acids is 1. The van der Waals surface area contributed by atoms with Gasteiger partial charge in [0.2, 0.25) is 0 Å². The van der Waals surface area contributed by atoms with Crippen LogP contribution in [0.5, 0.6) is 0 Å². The summed E-state index contributed by atoms with van der Waals surface area (Å²) >= 11 is 0. The zero-order valence-corrected chi connectivity index (χ0v) is 16.4. The first kappa shape index (κ1) is 20.6. The molecule has 7 nitrogen and oxygen atoms in total. The van der Waals surface area contributed by atoms with Gasteiger partial charge in [0, 0.05) is 45.0 Å². The van der Waals surface area contributed by atoms with Crippen LogP contribution in [0.25, 0.3) is 5.69 Å². The van der Waals surface area contributed by atoms with Crippen LogP contribution in [0.15, 0.2) is 24.3 Å². The van der Waals surface area contributed by atoms with Gasteiger partial charge >= 0.3 is 5.97 Å². The number of aromatic nitrogens is 2. The zero-order valence-electron chi connectivity index (χ0n) is 16.4. The number of methoxy groups -OCH3 is 1. The summed E-state index contributed by atoms with van der Waals surface area (Å²) in [6.45, 7) is 5.07. The maximum absolute atomic E-state index is 12.5. The molecule has 0 saturated heterocycles. The molecule has 146 valence electrons. The van der Waals surface area contributed by atoms with Gasteiger partial charge in [-0.1, -0.05) is 0 Å². The Morgan fingerprint density at radius 3 is 2.48 bits per heavy atom. The summed E-state index contributed by atoms with van der Waals surface area (Å²) in [6.07, 6.45) is 1.33. The predicted molar refractivity (Wildman–Crippen MR) is 102 cm³/mol. The van der Waals surface area contributed by atoms with E-state index in [1.54, 1.807) is 35.9 Å². The van der Waals surface area contributed by atoms with E-state index in [0.29, 0.717) is 25.1 Å². The highest BCUT2D eigenvalue weighted by Gasteiger charge is 2.15. The molecule has 0 aliphatic carbocycles. The van der Waals surface area contributed by atoms with E-state index >= 15 is 0 Å². The molecule has 0 bridgehead atoms. The van der Waals surface area contributed by atoms with E-state index in [4.69, 9.17) is 9.84 Å². The van der Waals surface area contributed by atoms with Crippen molar-refractivity contribution in [2.75, 3.05) is 27.3 Å². The van der Waals surface area contributed by atoms with Crippen molar-refractivity contribution in [3.8, 4) is 5.69 Å². The number of amides is 1. The molecule has 1 aromatic heterocycles. The van der Waals surface area contributed by atoms with E-state index in [2.05, 4.69) is 5.10 Å². The summed E-state index contributed by atoms with van der Waals surface area (Å²) in [5, 5.41) is 13.4. The molecule has 0 radical (unpaired) electrons. The minimum atomic E-state index is -0.820. The van der Waals surface area contributed by atoms with Crippen molar-refractivity contribution in [2.45, 2.75) is 33.1 Å². The van der Waals surface area contributed by atoms with Crippen LogP contribution in [0.3, 0.4) is 0 Å². The van der Waals surface area contributed by atoms with Crippen molar-refractivity contribution in [1.29, 1.82) is 0 Å². The number of carbonyl (C=O) groups excluding carboxylic acids is 1. The maximum atomic E-state index is 12.5. The molecule has 0 atom stereocenters. The summed E-state index contributed by atoms with van der Waals surface area (Å²) in [4.78, 5) is 25.0. The van der Waals surface area contributed by atoms with Gasteiger partial charge in [0.05, 0.1) is 11.4 Å². The second-order valence-corrected chi connectivity index (χ2v) is 6.57. The van der Waals surface area contributed by atoms with Crippen molar-refractivity contribution in [3.05, 3.63) is 46.8 Å². The molecule has 0 aliphatic heterocycles. The number of carbonyl (C=O) groups is 2. The van der Waals surface area contributed by atoms with Gasteiger partial charge in [0.15, 0.2) is 0 Å². The normalized spacial score (nSPS) is 10.8. The van der Waals surface area contributed by atoms with Crippen LogP contribution in [0.1, 0.15) is 40.2 Å². The van der Waals surface area contributed by atoms with Crippen molar-refractivity contribution < 1.29 is 19.4 Å². The summed E-state index contributed by atoms with van der Waals surface area (Å²) in [7, 11) is 3.42. The zero-order chi connectivity index (χ0) is 20.0. The van der Waals surface area contributed by atoms with Crippen LogP contribution in [-0.2, 0) is 16.0 Å². The van der Waals surface area contributed by atoms with Crippen LogP contribution in [-0.4, -0.2) is 59.0 Å². The van der Waals surface area contributed by atoms with Crippen LogP contribution < -0.4 is 0 Å². The minimum Gasteiger partial charge on any atom is -0.481 e. The van der Waals surface area contributed by atoms with Gasteiger partial charge in [-0.15, -0.1) is 0 Å². The Hall–Kier alpha value is -2.67. The van der Waals surface area contributed by atoms with Gasteiger partial charge in [-0.2, -0.15) is 5.10 Å². The van der Waals surface area contributed by atoms with Crippen molar-refractivity contribution in [3.63, 3.8) is 0 Å². The molecule has 0 unspecified atom stereocenters. The smallest absolute Gasteiger partial charge is 0.303 e. The molecule has 7 heteroatoms. The van der Waals surface area contributed by atoms with E-state index in [9.17, 15) is 9.59 Å². The SMILES string of the molecule is COCCCN(C)C(=O)c1ccc(-n2nc(C)c(CCC(=O)O)c2C)cc1. The van der Waals surface area contributed by atoms with Crippen molar-refractivity contribution in [1.82, 2.24) is 14.7 Å². The van der Waals surface area contributed by atoms with E-state index < -0.39 is 5.97 Å². The van der Waals surface area contributed by atoms with Gasteiger partial charge in [-0.3, -0.25) is 9.59 Å². The molecule has 0 fully saturated rings. The fourth-order valence-corrected chi connectivity index (χ4v) is 3.03. The first-order valence-corrected chi connectivity index (χ1v) is 8.97. The number of benzene rings is 1. The first-order valence-electron chi connectivity index (χ1n) is 8.97. The lowest BCUT2D eigenvalue weighted by Crippen LogP contribution is -2.28. The Morgan fingerprint density at radius 1 is 1.22 bits per heavy atom. The minimum absolute atomic E-state index is 0.0341. The molecule has 1 amide bonds. The Kier molecular flexibility index (Phi) is 7.12. The number of ether oxygens (including phenoxy) is 1. The Morgan fingerprint density at radius 2 is 1.89 bits per heavy atom. The van der Waals surface area contributed by atoms with Gasteiger partial charge < -0.3 is 14.7 Å². The average Bonchev–Trinajstić information content (AvgIpc) is 2.93. The average molecular weight is 373 g/mol. The second-order valence-electron chi connectivity index (χ2n) is 6.57. The van der Waals surface area contributed by atoms with Crippen LogP contribution in [0.2, 0.25) is 0 Å². The number of hydrogen-bond acceptors (Lipinski definition) is 4. The quantitative estimate of drug-likeness (QED) is 0.683. The number of carboxylic acids is 1. The summed E-state index contributed by atoms with van der Waals surface area (Å²) in [5.41, 5.74) is 4.16. The molecule has 0 spiro atoms. The summed E-state index contributed by atoms with van der Waals surface area (Å²) in [5.74, 6) is -0.854. The number of rotatable bonds is 9. The lowest BCUT2D eigenvalue weighted by atomic mass is 10.1. The summed E-state index contributed by atoms with van der Waals surface area (Å²) < 4.78 is 6.81. The Bertz CT molecular complexity index is 796. The standard InChI is InChI=1S/C20H27N3O4/c1-14-18(10-11-19(24)25)15(2)23(21-14)17-8-6-16(7-9-17)20(26)22(3)12-5-13-27-4/h6-9H,5,10-13H2,1-4H3,(H,24,25). The van der Waals surface area contributed by atoms with Crippen LogP contribution >= 0.6 is 0 Å². The van der Waals surface area contributed by atoms with E-state index in [0.717, 1.165) is 29.1 Å². The third kappa shape index (κ3) is 5.17. The molecule has 1 N–H and O–H groups in total. The van der Waals surface area contributed by atoms with Crippen molar-refractivity contribution >= 4 is 11.9 Å². The number of carboxylic acid groups (broad SMARTS) is 1. The highest BCUT2D eigenvalue weighted by atomic mass is 16.5. The lowest BCUT2D eigenvalue weighted by Gasteiger charge is -2.17. The molecule has 27 heavy (non-hydrogen) atoms. The Balaban J connectivity index is 2.14. The predicted octanol–water partition coefficient (Wildman–Crippen LogP) is 2.61. The lowest BCUT2D eigenvalue weighted by molar-refractivity contribution is -0.136. The number of hydrogen-bond donors (Lipinski definition) is 1. The third-order valence-electron chi connectivity index (χ3n) is 4.58. The largest absolute Gasteiger partial charge is 0.481 e. The van der Waals surface area contributed by atoms with E-state index in [1.807, 2.05) is 26.0 Å². The highest BCUT2D eigenvalue weighted by molar-refractivity contribution is 5.94. The molecule has 2 rings (SSSR count). The molecular formula is C20H27N3O4. The number of nitrogens with zero attached hydrogens (tertiary/aromatic N) is 3. The maximum Gasteiger partial charge on any atom is 0.303 e. The van der Waals surface area contributed by atoms with Gasteiger partial charge in [-0.05, 0) is 56.5 Å². The van der Waals surface area contributed by atoms with Gasteiger partial charge in [0.1, 0.15) is 0 Å². The molecule has 1 heterocycles. The second kappa shape index (κ2) is 9.32. The van der Waals surface area contributed by atoms with Crippen LogP contribution in [0, 0.1) is 13.8 Å². The molecule has 1 aromatic carbocycles. The van der Waals surface area contributed by atoms with Crippen molar-refractivity contribution in [2.24, 2.45) is 0 Å². The van der Waals surface area contributed by atoms with E-state index in [-0.39, 0.29) is 12.3 Å². The fraction of sp³-hybridized carbons (Fsp3) is 0.450. The monoisotopic (exact) mass is 373 g/mol. The first-order chi connectivity index (χ1) is 12.8. The molecule has 2 aromatic rings. The number of aryl methyl sites for hydroxylation is 1. The summed E-state index contributed by atoms with van der Waals surface area (Å²) in [6, 6.07) is 7.29. The molecule has 0 aliphatic rings. The fourth-order valence-electron chi connectivity index (χ4n) is 3.03. The topological polar surface area (TPSA) is 84.7 Å².